The van der Waals surface area contributed by atoms with Crippen molar-refractivity contribution in [1.29, 1.82) is 0 Å². The molecule has 1 aliphatic heterocycles. The number of fused-ring (bicyclic) bond motifs is 1. The largest absolute Gasteiger partial charge is 0.381 e. The quantitative estimate of drug-likeness (QED) is 0.664. The topological polar surface area (TPSA) is 69.4 Å². The van der Waals surface area contributed by atoms with Crippen LogP contribution in [0.25, 0.3) is 10.9 Å². The van der Waals surface area contributed by atoms with Gasteiger partial charge in [0, 0.05) is 44.7 Å². The third-order valence-electron chi connectivity index (χ3n) is 4.40. The highest BCUT2D eigenvalue weighted by Gasteiger charge is 2.41. The maximum absolute atomic E-state index is 5.86. The molecule has 0 aliphatic carbocycles. The predicted octanol–water partition coefficient (Wildman–Crippen LogP) is 1.93. The minimum Gasteiger partial charge on any atom is -0.381 e. The van der Waals surface area contributed by atoms with Gasteiger partial charge in [-0.2, -0.15) is 0 Å². The molecule has 0 bridgehead atoms. The Balaban J connectivity index is 2.00. The van der Waals surface area contributed by atoms with Crippen LogP contribution in [0.2, 0.25) is 0 Å². The number of pyridine rings is 1. The van der Waals surface area contributed by atoms with Crippen LogP contribution in [-0.2, 0) is 9.47 Å². The van der Waals surface area contributed by atoms with Gasteiger partial charge in [-0.05, 0) is 17.7 Å². The number of nitrogens with two attached hydrogens (primary N) is 1. The molecule has 3 N–H and O–H groups in total. The van der Waals surface area contributed by atoms with E-state index in [1.807, 2.05) is 6.07 Å². The third kappa shape index (κ3) is 2.65. The van der Waals surface area contributed by atoms with Crippen LogP contribution in [0, 0.1) is 0 Å². The van der Waals surface area contributed by atoms with Crippen molar-refractivity contribution in [3.05, 3.63) is 42.1 Å². The van der Waals surface area contributed by atoms with Crippen LogP contribution in [0.3, 0.4) is 0 Å². The minimum atomic E-state index is -0.338. The first-order valence-electron chi connectivity index (χ1n) is 7.23. The van der Waals surface area contributed by atoms with E-state index in [9.17, 15) is 0 Å². The van der Waals surface area contributed by atoms with Crippen LogP contribution in [0.4, 0.5) is 0 Å². The van der Waals surface area contributed by atoms with E-state index in [0.29, 0.717) is 13.2 Å². The molecule has 5 heteroatoms. The van der Waals surface area contributed by atoms with E-state index in [0.717, 1.165) is 29.3 Å². The molecule has 1 aromatic carbocycles. The number of hydrogen-bond donors (Lipinski definition) is 2. The van der Waals surface area contributed by atoms with Crippen LogP contribution in [0.1, 0.15) is 24.4 Å². The minimum absolute atomic E-state index is 0.0854. The lowest BCUT2D eigenvalue weighted by Gasteiger charge is -2.42. The first-order valence-corrected chi connectivity index (χ1v) is 7.23. The van der Waals surface area contributed by atoms with E-state index in [2.05, 4.69) is 34.7 Å². The second-order valence-corrected chi connectivity index (χ2v) is 5.44. The van der Waals surface area contributed by atoms with Gasteiger partial charge in [0.15, 0.2) is 0 Å². The summed E-state index contributed by atoms with van der Waals surface area (Å²) in [5, 5.41) is 1.12. The standard InChI is InChI=1S/C16H21N3O2/c1-20-16(6-9-21-10-7-16)15(19-17)13-5-4-12-3-2-8-18-14(12)11-13/h2-5,8,11,15,19H,6-7,9-10,17H2,1H3. The van der Waals surface area contributed by atoms with Crippen LogP contribution in [0.5, 0.6) is 0 Å². The number of methoxy groups -OCH3 is 1. The Bertz CT molecular complexity index is 611. The Kier molecular flexibility index (Phi) is 4.17. The molecule has 1 saturated heterocycles. The summed E-state index contributed by atoms with van der Waals surface area (Å²) < 4.78 is 11.3. The van der Waals surface area contributed by atoms with Gasteiger partial charge >= 0.3 is 0 Å². The van der Waals surface area contributed by atoms with Gasteiger partial charge in [0.25, 0.3) is 0 Å². The first kappa shape index (κ1) is 14.4. The van der Waals surface area contributed by atoms with Crippen LogP contribution in [-0.4, -0.2) is 30.9 Å². The van der Waals surface area contributed by atoms with Gasteiger partial charge in [-0.25, -0.2) is 0 Å². The molecule has 0 amide bonds. The van der Waals surface area contributed by atoms with Gasteiger partial charge in [0.2, 0.25) is 0 Å². The summed E-state index contributed by atoms with van der Waals surface area (Å²) >= 11 is 0. The number of hydrazine groups is 1. The molecular weight excluding hydrogens is 266 g/mol. The molecule has 1 aromatic heterocycles. The summed E-state index contributed by atoms with van der Waals surface area (Å²) in [6, 6.07) is 10.1. The molecule has 0 saturated carbocycles. The van der Waals surface area contributed by atoms with Gasteiger partial charge in [0.1, 0.15) is 0 Å². The zero-order chi connectivity index (χ0) is 14.7. The van der Waals surface area contributed by atoms with Crippen molar-refractivity contribution in [3.8, 4) is 0 Å². The average Bonchev–Trinajstić information content (AvgIpc) is 2.56. The van der Waals surface area contributed by atoms with Gasteiger partial charge in [-0.1, -0.05) is 18.2 Å². The number of nitrogens with one attached hydrogen (secondary N) is 1. The molecule has 1 aliphatic rings. The van der Waals surface area contributed by atoms with Crippen molar-refractivity contribution in [2.24, 2.45) is 5.84 Å². The molecule has 1 fully saturated rings. The van der Waals surface area contributed by atoms with Gasteiger partial charge in [0.05, 0.1) is 17.2 Å². The predicted molar refractivity (Wildman–Crippen MR) is 81.6 cm³/mol. The Morgan fingerprint density at radius 1 is 1.33 bits per heavy atom. The van der Waals surface area contributed by atoms with Crippen molar-refractivity contribution in [3.63, 3.8) is 0 Å². The summed E-state index contributed by atoms with van der Waals surface area (Å²) in [5.74, 6) is 5.85. The number of hydrogen-bond acceptors (Lipinski definition) is 5. The second kappa shape index (κ2) is 6.07. The number of rotatable bonds is 4. The van der Waals surface area contributed by atoms with Crippen molar-refractivity contribution in [1.82, 2.24) is 10.4 Å². The molecule has 2 aromatic rings. The molecule has 5 nitrogen and oxygen atoms in total. The number of aromatic nitrogens is 1. The van der Waals surface area contributed by atoms with Gasteiger partial charge in [-0.3, -0.25) is 16.3 Å². The Morgan fingerprint density at radius 3 is 2.86 bits per heavy atom. The molecule has 1 unspecified atom stereocenters. The van der Waals surface area contributed by atoms with Crippen molar-refractivity contribution in [2.75, 3.05) is 20.3 Å². The van der Waals surface area contributed by atoms with Crippen molar-refractivity contribution < 1.29 is 9.47 Å². The zero-order valence-electron chi connectivity index (χ0n) is 12.2. The number of benzene rings is 1. The van der Waals surface area contributed by atoms with Gasteiger partial charge < -0.3 is 9.47 Å². The molecule has 21 heavy (non-hydrogen) atoms. The maximum Gasteiger partial charge on any atom is 0.0929 e. The van der Waals surface area contributed by atoms with E-state index >= 15 is 0 Å². The van der Waals surface area contributed by atoms with Crippen LogP contribution >= 0.6 is 0 Å². The monoisotopic (exact) mass is 287 g/mol. The fourth-order valence-corrected chi connectivity index (χ4v) is 3.14. The highest BCUT2D eigenvalue weighted by atomic mass is 16.5. The molecular formula is C16H21N3O2. The van der Waals surface area contributed by atoms with E-state index in [1.165, 1.54) is 0 Å². The summed E-state index contributed by atoms with van der Waals surface area (Å²) in [6.45, 7) is 1.38. The zero-order valence-corrected chi connectivity index (χ0v) is 12.2. The number of ether oxygens (including phenoxy) is 2. The Hall–Kier alpha value is -1.53. The summed E-state index contributed by atoms with van der Waals surface area (Å²) in [5.41, 5.74) is 4.65. The molecule has 2 heterocycles. The molecule has 1 atom stereocenters. The smallest absolute Gasteiger partial charge is 0.0929 e. The summed E-state index contributed by atoms with van der Waals surface area (Å²) in [4.78, 5) is 4.42. The first-order chi connectivity index (χ1) is 10.3. The van der Waals surface area contributed by atoms with Crippen molar-refractivity contribution >= 4 is 10.9 Å². The van der Waals surface area contributed by atoms with Crippen molar-refractivity contribution in [2.45, 2.75) is 24.5 Å². The second-order valence-electron chi connectivity index (χ2n) is 5.44. The lowest BCUT2D eigenvalue weighted by atomic mass is 9.82. The lowest BCUT2D eigenvalue weighted by molar-refractivity contribution is -0.111. The average molecular weight is 287 g/mol. The van der Waals surface area contributed by atoms with E-state index < -0.39 is 0 Å². The van der Waals surface area contributed by atoms with Gasteiger partial charge in [-0.15, -0.1) is 0 Å². The summed E-state index contributed by atoms with van der Waals surface area (Å²) in [7, 11) is 1.74. The lowest BCUT2D eigenvalue weighted by Crippen LogP contribution is -2.51. The van der Waals surface area contributed by atoms with E-state index in [4.69, 9.17) is 15.3 Å². The fraction of sp³-hybridized carbons (Fsp3) is 0.438. The van der Waals surface area contributed by atoms with Crippen LogP contribution in [0.15, 0.2) is 36.5 Å². The fourth-order valence-electron chi connectivity index (χ4n) is 3.14. The van der Waals surface area contributed by atoms with E-state index in [1.54, 1.807) is 13.3 Å². The normalized spacial score (nSPS) is 19.5. The summed E-state index contributed by atoms with van der Waals surface area (Å²) in [6.07, 6.45) is 3.44. The molecule has 112 valence electrons. The molecule has 0 radical (unpaired) electrons. The highest BCUT2D eigenvalue weighted by molar-refractivity contribution is 5.79. The van der Waals surface area contributed by atoms with E-state index in [-0.39, 0.29) is 11.6 Å². The maximum atomic E-state index is 5.86. The third-order valence-corrected chi connectivity index (χ3v) is 4.40. The Labute approximate surface area is 124 Å². The highest BCUT2D eigenvalue weighted by Crippen LogP contribution is 2.37. The molecule has 0 spiro atoms. The SMILES string of the molecule is COC1(C(NN)c2ccc3cccnc3c2)CCOCC1. The molecule has 3 rings (SSSR count). The number of nitrogens with zero attached hydrogens (tertiary/aromatic N) is 1. The van der Waals surface area contributed by atoms with Crippen LogP contribution < -0.4 is 11.3 Å². The Morgan fingerprint density at radius 2 is 2.14 bits per heavy atom.